The van der Waals surface area contributed by atoms with Crippen LogP contribution in [-0.2, 0) is 0 Å². The summed E-state index contributed by atoms with van der Waals surface area (Å²) in [6, 6.07) is 6.68. The average molecular weight is 246 g/mol. The Morgan fingerprint density at radius 1 is 1.28 bits per heavy atom. The Bertz CT molecular complexity index is 410. The quantitative estimate of drug-likeness (QED) is 0.731. The van der Waals surface area contributed by atoms with Crippen molar-refractivity contribution < 1.29 is 4.74 Å². The van der Waals surface area contributed by atoms with E-state index in [1.54, 1.807) is 0 Å². The van der Waals surface area contributed by atoms with Crippen molar-refractivity contribution in [1.82, 2.24) is 0 Å². The number of aryl methyl sites for hydroxylation is 1. The molecule has 0 aromatic heterocycles. The standard InChI is InChI=1S/C17H26O/c1-12-6-9-15(13(2)17(3,4)5)10-16(12)18-11-14-7-8-14/h6,9-10,13-14H,7-8,11H2,1-5H3/t13-/m0/s1. The number of ether oxygens (including phenoxy) is 1. The minimum atomic E-state index is 0.295. The van der Waals surface area contributed by atoms with E-state index in [2.05, 4.69) is 52.8 Å². The lowest BCUT2D eigenvalue weighted by Gasteiger charge is -2.28. The number of hydrogen-bond acceptors (Lipinski definition) is 1. The molecule has 1 aliphatic rings. The predicted octanol–water partition coefficient (Wildman–Crippen LogP) is 4.93. The molecule has 0 bridgehead atoms. The van der Waals surface area contributed by atoms with Crippen molar-refractivity contribution in [2.75, 3.05) is 6.61 Å². The second kappa shape index (κ2) is 4.95. The molecule has 1 atom stereocenters. The van der Waals surface area contributed by atoms with E-state index in [9.17, 15) is 0 Å². The fourth-order valence-corrected chi connectivity index (χ4v) is 2.03. The zero-order chi connectivity index (χ0) is 13.3. The van der Waals surface area contributed by atoms with Crippen LogP contribution in [0.2, 0.25) is 0 Å². The Hall–Kier alpha value is -0.980. The first-order valence-electron chi connectivity index (χ1n) is 7.11. The van der Waals surface area contributed by atoms with Gasteiger partial charge in [0.05, 0.1) is 6.61 Å². The fourth-order valence-electron chi connectivity index (χ4n) is 2.03. The SMILES string of the molecule is Cc1ccc([C@H](C)C(C)(C)C)cc1OCC1CC1. The van der Waals surface area contributed by atoms with E-state index in [0.717, 1.165) is 18.3 Å². The van der Waals surface area contributed by atoms with Crippen LogP contribution in [0.5, 0.6) is 5.75 Å². The molecule has 1 aromatic carbocycles. The third kappa shape index (κ3) is 3.28. The zero-order valence-electron chi connectivity index (χ0n) is 12.4. The molecule has 1 fully saturated rings. The summed E-state index contributed by atoms with van der Waals surface area (Å²) in [6.07, 6.45) is 2.69. The predicted molar refractivity (Wildman–Crippen MR) is 77.3 cm³/mol. The van der Waals surface area contributed by atoms with Crippen molar-refractivity contribution >= 4 is 0 Å². The maximum absolute atomic E-state index is 5.96. The van der Waals surface area contributed by atoms with Gasteiger partial charge in [-0.05, 0) is 54.2 Å². The molecule has 0 unspecified atom stereocenters. The summed E-state index contributed by atoms with van der Waals surface area (Å²) in [7, 11) is 0. The third-order valence-corrected chi connectivity index (χ3v) is 4.18. The molecule has 0 N–H and O–H groups in total. The highest BCUT2D eigenvalue weighted by Gasteiger charge is 2.24. The van der Waals surface area contributed by atoms with E-state index >= 15 is 0 Å². The molecule has 100 valence electrons. The average Bonchev–Trinajstić information content (AvgIpc) is 3.10. The van der Waals surface area contributed by atoms with Gasteiger partial charge in [0.25, 0.3) is 0 Å². The van der Waals surface area contributed by atoms with Crippen LogP contribution < -0.4 is 4.74 Å². The largest absolute Gasteiger partial charge is 0.493 e. The van der Waals surface area contributed by atoms with Crippen molar-refractivity contribution in [2.45, 2.75) is 53.4 Å². The lowest BCUT2D eigenvalue weighted by molar-refractivity contribution is 0.295. The molecular weight excluding hydrogens is 220 g/mol. The van der Waals surface area contributed by atoms with Crippen molar-refractivity contribution in [3.63, 3.8) is 0 Å². The van der Waals surface area contributed by atoms with Gasteiger partial charge in [-0.3, -0.25) is 0 Å². The van der Waals surface area contributed by atoms with Gasteiger partial charge >= 0.3 is 0 Å². The molecule has 1 aromatic rings. The van der Waals surface area contributed by atoms with Gasteiger partial charge in [0.1, 0.15) is 5.75 Å². The number of rotatable bonds is 4. The molecule has 0 amide bonds. The summed E-state index contributed by atoms with van der Waals surface area (Å²) in [4.78, 5) is 0. The normalized spacial score (nSPS) is 17.6. The highest BCUT2D eigenvalue weighted by molar-refractivity contribution is 5.38. The Morgan fingerprint density at radius 2 is 1.94 bits per heavy atom. The van der Waals surface area contributed by atoms with E-state index in [0.29, 0.717) is 11.3 Å². The second-order valence-electron chi connectivity index (χ2n) is 6.87. The first kappa shape index (κ1) is 13.5. The highest BCUT2D eigenvalue weighted by atomic mass is 16.5. The van der Waals surface area contributed by atoms with Gasteiger partial charge in [-0.25, -0.2) is 0 Å². The molecule has 0 spiro atoms. The van der Waals surface area contributed by atoms with E-state index < -0.39 is 0 Å². The van der Waals surface area contributed by atoms with Crippen molar-refractivity contribution in [1.29, 1.82) is 0 Å². The van der Waals surface area contributed by atoms with Gasteiger partial charge < -0.3 is 4.74 Å². The van der Waals surface area contributed by atoms with Crippen LogP contribution in [0.4, 0.5) is 0 Å². The van der Waals surface area contributed by atoms with Gasteiger partial charge in [-0.1, -0.05) is 39.8 Å². The van der Waals surface area contributed by atoms with Crippen LogP contribution >= 0.6 is 0 Å². The Kier molecular flexibility index (Phi) is 3.70. The fraction of sp³-hybridized carbons (Fsp3) is 0.647. The van der Waals surface area contributed by atoms with Gasteiger partial charge in [-0.15, -0.1) is 0 Å². The Balaban J connectivity index is 2.14. The summed E-state index contributed by atoms with van der Waals surface area (Å²) in [5.74, 6) is 2.44. The Labute approximate surface area is 112 Å². The topological polar surface area (TPSA) is 9.23 Å². The first-order valence-corrected chi connectivity index (χ1v) is 7.11. The third-order valence-electron chi connectivity index (χ3n) is 4.18. The van der Waals surface area contributed by atoms with Crippen LogP contribution in [-0.4, -0.2) is 6.61 Å². The van der Waals surface area contributed by atoms with Crippen LogP contribution in [0.1, 0.15) is 57.6 Å². The zero-order valence-corrected chi connectivity index (χ0v) is 12.4. The van der Waals surface area contributed by atoms with E-state index in [4.69, 9.17) is 4.74 Å². The lowest BCUT2D eigenvalue weighted by Crippen LogP contribution is -2.15. The Morgan fingerprint density at radius 3 is 2.50 bits per heavy atom. The minimum absolute atomic E-state index is 0.295. The number of hydrogen-bond donors (Lipinski definition) is 0. The monoisotopic (exact) mass is 246 g/mol. The molecular formula is C17H26O. The highest BCUT2D eigenvalue weighted by Crippen LogP contribution is 2.37. The molecule has 1 aliphatic carbocycles. The van der Waals surface area contributed by atoms with Gasteiger partial charge in [-0.2, -0.15) is 0 Å². The molecule has 0 radical (unpaired) electrons. The van der Waals surface area contributed by atoms with Crippen molar-refractivity contribution in [2.24, 2.45) is 11.3 Å². The molecule has 0 saturated heterocycles. The van der Waals surface area contributed by atoms with Crippen molar-refractivity contribution in [3.05, 3.63) is 29.3 Å². The minimum Gasteiger partial charge on any atom is -0.493 e. The van der Waals surface area contributed by atoms with Crippen LogP contribution in [0, 0.1) is 18.3 Å². The van der Waals surface area contributed by atoms with Crippen molar-refractivity contribution in [3.8, 4) is 5.75 Å². The van der Waals surface area contributed by atoms with Crippen LogP contribution in [0.15, 0.2) is 18.2 Å². The smallest absolute Gasteiger partial charge is 0.122 e. The molecule has 1 heteroatoms. The molecule has 1 saturated carbocycles. The van der Waals surface area contributed by atoms with E-state index in [1.807, 2.05) is 0 Å². The van der Waals surface area contributed by atoms with Crippen LogP contribution in [0.25, 0.3) is 0 Å². The summed E-state index contributed by atoms with van der Waals surface area (Å²) >= 11 is 0. The molecule has 18 heavy (non-hydrogen) atoms. The summed E-state index contributed by atoms with van der Waals surface area (Å²) < 4.78 is 5.96. The molecule has 2 rings (SSSR count). The first-order chi connectivity index (χ1) is 8.38. The number of benzene rings is 1. The van der Waals surface area contributed by atoms with E-state index in [1.165, 1.54) is 24.0 Å². The van der Waals surface area contributed by atoms with Crippen LogP contribution in [0.3, 0.4) is 0 Å². The summed E-state index contributed by atoms with van der Waals surface area (Å²) in [5, 5.41) is 0. The summed E-state index contributed by atoms with van der Waals surface area (Å²) in [5.41, 5.74) is 2.93. The maximum Gasteiger partial charge on any atom is 0.122 e. The second-order valence-corrected chi connectivity index (χ2v) is 6.87. The molecule has 0 aliphatic heterocycles. The van der Waals surface area contributed by atoms with Gasteiger partial charge in [0.15, 0.2) is 0 Å². The van der Waals surface area contributed by atoms with Gasteiger partial charge in [0, 0.05) is 0 Å². The van der Waals surface area contributed by atoms with E-state index in [-0.39, 0.29) is 0 Å². The molecule has 0 heterocycles. The maximum atomic E-state index is 5.96. The molecule has 1 nitrogen and oxygen atoms in total. The summed E-state index contributed by atoms with van der Waals surface area (Å²) in [6.45, 7) is 12.2. The lowest BCUT2D eigenvalue weighted by atomic mass is 9.77. The van der Waals surface area contributed by atoms with Gasteiger partial charge in [0.2, 0.25) is 0 Å².